The lowest BCUT2D eigenvalue weighted by atomic mass is 10.0. The van der Waals surface area contributed by atoms with E-state index in [1.54, 1.807) is 11.3 Å². The van der Waals surface area contributed by atoms with Crippen LogP contribution >= 0.6 is 11.3 Å². The fourth-order valence-electron chi connectivity index (χ4n) is 2.14. The van der Waals surface area contributed by atoms with Crippen molar-refractivity contribution in [2.45, 2.75) is 40.3 Å². The molecule has 0 amide bonds. The van der Waals surface area contributed by atoms with Crippen LogP contribution in [0, 0.1) is 20.8 Å². The zero-order valence-electron chi connectivity index (χ0n) is 11.4. The summed E-state index contributed by atoms with van der Waals surface area (Å²) < 4.78 is 0. The Hall–Kier alpha value is -1.19. The summed E-state index contributed by atoms with van der Waals surface area (Å²) in [5, 5.41) is 4.69. The van der Waals surface area contributed by atoms with Gasteiger partial charge in [0.05, 0.1) is 0 Å². The van der Waals surface area contributed by atoms with E-state index in [4.69, 9.17) is 0 Å². The van der Waals surface area contributed by atoms with Crippen LogP contribution in [0.3, 0.4) is 0 Å². The van der Waals surface area contributed by atoms with Crippen molar-refractivity contribution in [3.8, 4) is 0 Å². The molecule has 1 N–H and O–H groups in total. The highest BCUT2D eigenvalue weighted by molar-refractivity contribution is 7.11. The zero-order valence-corrected chi connectivity index (χ0v) is 12.3. The number of aromatic nitrogens is 1. The van der Waals surface area contributed by atoms with Gasteiger partial charge in [0.15, 0.2) is 0 Å². The average molecular weight is 260 g/mol. The number of aryl methyl sites for hydroxylation is 3. The molecule has 0 fully saturated rings. The summed E-state index contributed by atoms with van der Waals surface area (Å²) in [4.78, 5) is 5.64. The maximum atomic E-state index is 4.37. The molecule has 1 heterocycles. The number of rotatable bonds is 4. The van der Waals surface area contributed by atoms with Crippen molar-refractivity contribution in [2.75, 3.05) is 0 Å². The second-order valence-corrected chi connectivity index (χ2v) is 6.15. The van der Waals surface area contributed by atoms with Gasteiger partial charge in [-0.15, -0.1) is 11.3 Å². The fourth-order valence-corrected chi connectivity index (χ4v) is 2.88. The van der Waals surface area contributed by atoms with Crippen molar-refractivity contribution < 1.29 is 0 Å². The van der Waals surface area contributed by atoms with E-state index in [1.165, 1.54) is 21.6 Å². The lowest BCUT2D eigenvalue weighted by Gasteiger charge is -2.16. The van der Waals surface area contributed by atoms with E-state index in [1.807, 2.05) is 6.20 Å². The standard InChI is InChI=1S/C15H20N2S/c1-10-5-6-14(11(2)7-10)13(4)16-9-15-17-8-12(3)18-15/h5-8,13,16H,9H2,1-4H3. The minimum absolute atomic E-state index is 0.356. The molecule has 0 aliphatic rings. The Balaban J connectivity index is 2.01. The van der Waals surface area contributed by atoms with Crippen LogP contribution in [0.5, 0.6) is 0 Å². The van der Waals surface area contributed by atoms with Gasteiger partial charge >= 0.3 is 0 Å². The van der Waals surface area contributed by atoms with Gasteiger partial charge in [-0.05, 0) is 38.8 Å². The molecule has 3 heteroatoms. The molecule has 1 unspecified atom stereocenters. The molecule has 0 aliphatic heterocycles. The van der Waals surface area contributed by atoms with Crippen molar-refractivity contribution in [1.82, 2.24) is 10.3 Å². The SMILES string of the molecule is Cc1ccc(C(C)NCc2ncc(C)s2)c(C)c1. The number of nitrogens with zero attached hydrogens (tertiary/aromatic N) is 1. The van der Waals surface area contributed by atoms with E-state index < -0.39 is 0 Å². The molecule has 0 radical (unpaired) electrons. The summed E-state index contributed by atoms with van der Waals surface area (Å²) in [6.07, 6.45) is 1.93. The Bertz CT molecular complexity index is 531. The third kappa shape index (κ3) is 3.18. The largest absolute Gasteiger partial charge is 0.304 e. The van der Waals surface area contributed by atoms with E-state index >= 15 is 0 Å². The number of hydrogen-bond acceptors (Lipinski definition) is 3. The molecule has 0 aliphatic carbocycles. The summed E-state index contributed by atoms with van der Waals surface area (Å²) in [5.41, 5.74) is 4.04. The normalized spacial score (nSPS) is 12.7. The molecule has 0 spiro atoms. The molecule has 0 saturated heterocycles. The molecule has 1 aromatic carbocycles. The van der Waals surface area contributed by atoms with E-state index in [2.05, 4.69) is 56.2 Å². The van der Waals surface area contributed by atoms with Gasteiger partial charge in [0.2, 0.25) is 0 Å². The van der Waals surface area contributed by atoms with Crippen molar-refractivity contribution in [3.05, 3.63) is 51.0 Å². The van der Waals surface area contributed by atoms with E-state index in [0.29, 0.717) is 6.04 Å². The number of nitrogens with one attached hydrogen (secondary N) is 1. The van der Waals surface area contributed by atoms with Gasteiger partial charge in [-0.3, -0.25) is 0 Å². The van der Waals surface area contributed by atoms with Gasteiger partial charge in [0.1, 0.15) is 5.01 Å². The Morgan fingerprint density at radius 1 is 1.28 bits per heavy atom. The van der Waals surface area contributed by atoms with Crippen LogP contribution in [-0.2, 0) is 6.54 Å². The van der Waals surface area contributed by atoms with Crippen molar-refractivity contribution >= 4 is 11.3 Å². The molecular formula is C15H20N2S. The number of hydrogen-bond donors (Lipinski definition) is 1. The number of benzene rings is 1. The van der Waals surface area contributed by atoms with Gasteiger partial charge in [-0.25, -0.2) is 4.98 Å². The Morgan fingerprint density at radius 3 is 2.67 bits per heavy atom. The van der Waals surface area contributed by atoms with Gasteiger partial charge in [-0.2, -0.15) is 0 Å². The summed E-state index contributed by atoms with van der Waals surface area (Å²) in [5.74, 6) is 0. The Morgan fingerprint density at radius 2 is 2.06 bits per heavy atom. The molecule has 2 rings (SSSR count). The second-order valence-electron chi connectivity index (χ2n) is 4.83. The summed E-state index contributed by atoms with van der Waals surface area (Å²) >= 11 is 1.76. The molecule has 2 aromatic rings. The maximum absolute atomic E-state index is 4.37. The highest BCUT2D eigenvalue weighted by Crippen LogP contribution is 2.19. The maximum Gasteiger partial charge on any atom is 0.107 e. The van der Waals surface area contributed by atoms with Crippen molar-refractivity contribution in [2.24, 2.45) is 0 Å². The third-order valence-corrected chi connectivity index (χ3v) is 4.03. The summed E-state index contributed by atoms with van der Waals surface area (Å²) in [7, 11) is 0. The predicted molar refractivity (Wildman–Crippen MR) is 78.0 cm³/mol. The van der Waals surface area contributed by atoms with E-state index in [-0.39, 0.29) is 0 Å². The van der Waals surface area contributed by atoms with Gasteiger partial charge in [0, 0.05) is 23.7 Å². The van der Waals surface area contributed by atoms with Gasteiger partial charge in [-0.1, -0.05) is 23.8 Å². The topological polar surface area (TPSA) is 24.9 Å². The Labute approximate surface area is 113 Å². The van der Waals surface area contributed by atoms with Crippen LogP contribution in [0.2, 0.25) is 0 Å². The van der Waals surface area contributed by atoms with E-state index in [9.17, 15) is 0 Å². The summed E-state index contributed by atoms with van der Waals surface area (Å²) in [6.45, 7) is 9.45. The van der Waals surface area contributed by atoms with Crippen LogP contribution in [0.4, 0.5) is 0 Å². The summed E-state index contributed by atoms with van der Waals surface area (Å²) in [6, 6.07) is 6.99. The van der Waals surface area contributed by atoms with Crippen LogP contribution in [0.1, 0.15) is 39.5 Å². The average Bonchev–Trinajstić information content (AvgIpc) is 2.72. The van der Waals surface area contributed by atoms with Crippen LogP contribution in [-0.4, -0.2) is 4.98 Å². The first-order valence-corrected chi connectivity index (χ1v) is 7.10. The minimum Gasteiger partial charge on any atom is -0.304 e. The van der Waals surface area contributed by atoms with Crippen LogP contribution in [0.25, 0.3) is 0 Å². The third-order valence-electron chi connectivity index (χ3n) is 3.12. The molecule has 1 atom stereocenters. The molecular weight excluding hydrogens is 240 g/mol. The molecule has 96 valence electrons. The molecule has 0 saturated carbocycles. The number of thiazole rings is 1. The predicted octanol–water partition coefficient (Wildman–Crippen LogP) is 3.92. The first-order valence-electron chi connectivity index (χ1n) is 6.28. The van der Waals surface area contributed by atoms with Crippen LogP contribution in [0.15, 0.2) is 24.4 Å². The fraction of sp³-hybridized carbons (Fsp3) is 0.400. The Kier molecular flexibility index (Phi) is 4.15. The second kappa shape index (κ2) is 5.63. The molecule has 0 bridgehead atoms. The highest BCUT2D eigenvalue weighted by atomic mass is 32.1. The minimum atomic E-state index is 0.356. The van der Waals surface area contributed by atoms with Crippen LogP contribution < -0.4 is 5.32 Å². The lowest BCUT2D eigenvalue weighted by molar-refractivity contribution is 0.570. The molecule has 2 nitrogen and oxygen atoms in total. The van der Waals surface area contributed by atoms with Gasteiger partial charge < -0.3 is 5.32 Å². The quantitative estimate of drug-likeness (QED) is 0.901. The monoisotopic (exact) mass is 260 g/mol. The zero-order chi connectivity index (χ0) is 13.1. The lowest BCUT2D eigenvalue weighted by Crippen LogP contribution is -2.18. The highest BCUT2D eigenvalue weighted by Gasteiger charge is 2.08. The first-order chi connectivity index (χ1) is 8.56. The van der Waals surface area contributed by atoms with E-state index in [0.717, 1.165) is 11.6 Å². The van der Waals surface area contributed by atoms with Crippen molar-refractivity contribution in [1.29, 1.82) is 0 Å². The molecule has 18 heavy (non-hydrogen) atoms. The molecule has 1 aromatic heterocycles. The van der Waals surface area contributed by atoms with Gasteiger partial charge in [0.25, 0.3) is 0 Å². The smallest absolute Gasteiger partial charge is 0.107 e. The van der Waals surface area contributed by atoms with Crippen molar-refractivity contribution in [3.63, 3.8) is 0 Å². The first kappa shape index (κ1) is 13.2.